The van der Waals surface area contributed by atoms with E-state index < -0.39 is 0 Å². The normalized spacial score (nSPS) is 16.8. The van der Waals surface area contributed by atoms with Crippen LogP contribution in [0.2, 0.25) is 0 Å². The van der Waals surface area contributed by atoms with Crippen molar-refractivity contribution in [3.8, 4) is 17.0 Å². The van der Waals surface area contributed by atoms with E-state index in [9.17, 15) is 4.79 Å². The van der Waals surface area contributed by atoms with Crippen molar-refractivity contribution in [3.05, 3.63) is 42.9 Å². The number of nitrogens with zero attached hydrogens (tertiary/aromatic N) is 4. The molecule has 1 fully saturated rings. The Bertz CT molecular complexity index is 983. The van der Waals surface area contributed by atoms with E-state index in [1.54, 1.807) is 19.5 Å². The van der Waals surface area contributed by atoms with Crippen LogP contribution >= 0.6 is 0 Å². The Balaban J connectivity index is 1.52. The number of piperidine rings is 1. The molecule has 0 aliphatic carbocycles. The van der Waals surface area contributed by atoms with Crippen molar-refractivity contribution in [1.29, 1.82) is 0 Å². The van der Waals surface area contributed by atoms with Crippen LogP contribution < -0.4 is 10.1 Å². The van der Waals surface area contributed by atoms with Crippen LogP contribution in [-0.2, 0) is 4.79 Å². The maximum absolute atomic E-state index is 12.6. The lowest BCUT2D eigenvalue weighted by Gasteiger charge is -2.31. The van der Waals surface area contributed by atoms with E-state index in [1.807, 2.05) is 39.8 Å². The van der Waals surface area contributed by atoms with Gasteiger partial charge in [0.2, 0.25) is 5.91 Å². The first-order valence-electron chi connectivity index (χ1n) is 10.1. The first-order valence-corrected chi connectivity index (χ1v) is 10.1. The third-order valence-electron chi connectivity index (χ3n) is 5.43. The van der Waals surface area contributed by atoms with Crippen LogP contribution in [0.25, 0.3) is 16.9 Å². The number of fused-ring (bicyclic) bond motifs is 1. The Morgan fingerprint density at radius 2 is 2.14 bits per heavy atom. The number of hydrogen-bond donors (Lipinski definition) is 1. The number of amides is 1. The maximum Gasteiger partial charge on any atom is 0.224 e. The SMILES string of the molecule is COc1ccc(-c2nc3cnccn3c2NCCC(=O)N2CCCC(C)C2)cc1. The van der Waals surface area contributed by atoms with Crippen LogP contribution in [0.3, 0.4) is 0 Å². The number of carbonyl (C=O) groups is 1. The van der Waals surface area contributed by atoms with Gasteiger partial charge in [0.05, 0.1) is 13.3 Å². The first kappa shape index (κ1) is 19.2. The number of imidazole rings is 1. The van der Waals surface area contributed by atoms with Gasteiger partial charge in [0.1, 0.15) is 17.3 Å². The molecule has 2 aromatic heterocycles. The lowest BCUT2D eigenvalue weighted by Crippen LogP contribution is -2.39. The predicted molar refractivity (Wildman–Crippen MR) is 113 cm³/mol. The van der Waals surface area contributed by atoms with E-state index in [-0.39, 0.29) is 5.91 Å². The van der Waals surface area contributed by atoms with E-state index in [0.29, 0.717) is 18.9 Å². The fourth-order valence-corrected chi connectivity index (χ4v) is 3.89. The lowest BCUT2D eigenvalue weighted by molar-refractivity contribution is -0.132. The van der Waals surface area contributed by atoms with Crippen molar-refractivity contribution >= 4 is 17.4 Å². The maximum atomic E-state index is 12.6. The Labute approximate surface area is 170 Å². The average molecular weight is 393 g/mol. The van der Waals surface area contributed by atoms with Gasteiger partial charge in [-0.3, -0.25) is 14.2 Å². The topological polar surface area (TPSA) is 71.8 Å². The molecule has 3 aromatic rings. The number of likely N-dealkylation sites (tertiary alicyclic amines) is 1. The van der Waals surface area contributed by atoms with Crippen molar-refractivity contribution in [2.45, 2.75) is 26.2 Å². The van der Waals surface area contributed by atoms with Gasteiger partial charge in [-0.15, -0.1) is 0 Å². The van der Waals surface area contributed by atoms with Gasteiger partial charge in [0.15, 0.2) is 5.65 Å². The van der Waals surface area contributed by atoms with Gasteiger partial charge in [-0.1, -0.05) is 6.92 Å². The van der Waals surface area contributed by atoms with E-state index in [4.69, 9.17) is 9.72 Å². The van der Waals surface area contributed by atoms with Crippen molar-refractivity contribution in [3.63, 3.8) is 0 Å². The van der Waals surface area contributed by atoms with Gasteiger partial charge in [-0.25, -0.2) is 4.98 Å². The minimum Gasteiger partial charge on any atom is -0.497 e. The predicted octanol–water partition coefficient (Wildman–Crippen LogP) is 3.47. The zero-order valence-electron chi connectivity index (χ0n) is 17.0. The molecule has 1 amide bonds. The number of nitrogens with one attached hydrogen (secondary N) is 1. The summed E-state index contributed by atoms with van der Waals surface area (Å²) in [6.07, 6.45) is 8.13. The van der Waals surface area contributed by atoms with Gasteiger partial charge >= 0.3 is 0 Å². The molecule has 4 rings (SSSR count). The molecule has 0 spiro atoms. The molecule has 0 saturated carbocycles. The van der Waals surface area contributed by atoms with Crippen LogP contribution in [0.4, 0.5) is 5.82 Å². The molecule has 1 atom stereocenters. The van der Waals surface area contributed by atoms with Crippen molar-refractivity contribution in [1.82, 2.24) is 19.3 Å². The second-order valence-corrected chi connectivity index (χ2v) is 7.61. The van der Waals surface area contributed by atoms with Gasteiger partial charge in [0, 0.05) is 44.0 Å². The number of hydrogen-bond acceptors (Lipinski definition) is 5. The zero-order chi connectivity index (χ0) is 20.2. The largest absolute Gasteiger partial charge is 0.497 e. The van der Waals surface area contributed by atoms with Crippen LogP contribution in [-0.4, -0.2) is 51.9 Å². The summed E-state index contributed by atoms with van der Waals surface area (Å²) in [7, 11) is 1.65. The van der Waals surface area contributed by atoms with E-state index >= 15 is 0 Å². The molecule has 7 heteroatoms. The third-order valence-corrected chi connectivity index (χ3v) is 5.43. The summed E-state index contributed by atoms with van der Waals surface area (Å²) >= 11 is 0. The van der Waals surface area contributed by atoms with Crippen LogP contribution in [0.15, 0.2) is 42.9 Å². The Morgan fingerprint density at radius 3 is 2.90 bits per heavy atom. The van der Waals surface area contributed by atoms with Crippen LogP contribution in [0, 0.1) is 5.92 Å². The molecular formula is C22H27N5O2. The van der Waals surface area contributed by atoms with Crippen molar-refractivity contribution in [2.75, 3.05) is 32.1 Å². The van der Waals surface area contributed by atoms with E-state index in [0.717, 1.165) is 48.0 Å². The molecule has 29 heavy (non-hydrogen) atoms. The van der Waals surface area contributed by atoms with Gasteiger partial charge in [-0.05, 0) is 43.0 Å². The molecule has 152 valence electrons. The summed E-state index contributed by atoms with van der Waals surface area (Å²) in [5.41, 5.74) is 2.57. The minimum absolute atomic E-state index is 0.213. The highest BCUT2D eigenvalue weighted by atomic mass is 16.5. The Hall–Kier alpha value is -3.09. The molecule has 0 bridgehead atoms. The van der Waals surface area contributed by atoms with Crippen LogP contribution in [0.1, 0.15) is 26.2 Å². The monoisotopic (exact) mass is 393 g/mol. The van der Waals surface area contributed by atoms with Gasteiger partial charge in [0.25, 0.3) is 0 Å². The molecule has 1 aromatic carbocycles. The number of aromatic nitrogens is 3. The van der Waals surface area contributed by atoms with Gasteiger partial charge < -0.3 is 15.0 Å². The number of carbonyl (C=O) groups excluding carboxylic acids is 1. The molecule has 0 radical (unpaired) electrons. The summed E-state index contributed by atoms with van der Waals surface area (Å²) in [5.74, 6) is 2.47. The van der Waals surface area contributed by atoms with Crippen molar-refractivity contribution in [2.24, 2.45) is 5.92 Å². The number of ether oxygens (including phenoxy) is 1. The lowest BCUT2D eigenvalue weighted by atomic mass is 10.00. The average Bonchev–Trinajstić information content (AvgIpc) is 3.12. The quantitative estimate of drug-likeness (QED) is 0.694. The second-order valence-electron chi connectivity index (χ2n) is 7.61. The summed E-state index contributed by atoms with van der Waals surface area (Å²) in [6, 6.07) is 7.81. The summed E-state index contributed by atoms with van der Waals surface area (Å²) in [6.45, 7) is 4.52. The van der Waals surface area contributed by atoms with E-state index in [1.165, 1.54) is 6.42 Å². The number of rotatable bonds is 6. The number of anilines is 1. The highest BCUT2D eigenvalue weighted by Crippen LogP contribution is 2.29. The summed E-state index contributed by atoms with van der Waals surface area (Å²) in [5, 5.41) is 3.44. The van der Waals surface area contributed by atoms with Gasteiger partial charge in [-0.2, -0.15) is 0 Å². The Kier molecular flexibility index (Phi) is 5.64. The first-order chi connectivity index (χ1) is 14.2. The fourth-order valence-electron chi connectivity index (χ4n) is 3.89. The van der Waals surface area contributed by atoms with Crippen LogP contribution in [0.5, 0.6) is 5.75 Å². The molecule has 1 N–H and O–H groups in total. The standard InChI is InChI=1S/C22H27N5O2/c1-16-4-3-12-26(15-16)20(28)9-10-24-22-21(17-5-7-18(29-2)8-6-17)25-19-14-23-11-13-27(19)22/h5-8,11,13-14,16,24H,3-4,9-10,12,15H2,1-2H3. The summed E-state index contributed by atoms with van der Waals surface area (Å²) < 4.78 is 7.23. The molecule has 3 heterocycles. The Morgan fingerprint density at radius 1 is 1.31 bits per heavy atom. The smallest absolute Gasteiger partial charge is 0.224 e. The molecule has 1 aliphatic rings. The minimum atomic E-state index is 0.213. The number of methoxy groups -OCH3 is 1. The highest BCUT2D eigenvalue weighted by molar-refractivity contribution is 5.79. The molecular weight excluding hydrogens is 366 g/mol. The molecule has 1 saturated heterocycles. The molecule has 1 aliphatic heterocycles. The van der Waals surface area contributed by atoms with E-state index in [2.05, 4.69) is 17.2 Å². The highest BCUT2D eigenvalue weighted by Gasteiger charge is 2.21. The van der Waals surface area contributed by atoms with Crippen molar-refractivity contribution < 1.29 is 9.53 Å². The fraction of sp³-hybridized carbons (Fsp3) is 0.409. The zero-order valence-corrected chi connectivity index (χ0v) is 17.0. The summed E-state index contributed by atoms with van der Waals surface area (Å²) in [4.78, 5) is 23.5. The molecule has 7 nitrogen and oxygen atoms in total. The second kappa shape index (κ2) is 8.51. The molecule has 1 unspecified atom stereocenters. The number of benzene rings is 1. The third kappa shape index (κ3) is 4.18.